The lowest BCUT2D eigenvalue weighted by molar-refractivity contribution is -0.147. The van der Waals surface area contributed by atoms with Gasteiger partial charge in [0, 0.05) is 39.1 Å². The second-order valence-corrected chi connectivity index (χ2v) is 19.4. The number of carboxylic acids is 1. The Morgan fingerprint density at radius 3 is 1.77 bits per heavy atom. The lowest BCUT2D eigenvalue weighted by atomic mass is 10.0. The predicted octanol–water partition coefficient (Wildman–Crippen LogP) is -3.80. The summed E-state index contributed by atoms with van der Waals surface area (Å²) in [6.07, 6.45) is 1.88. The van der Waals surface area contributed by atoms with Gasteiger partial charge in [-0.15, -0.1) is 0 Å². The SMILES string of the molecule is CC(C)C[C@H](NC(=O)[C@@H]1CCCN1C(=O)[C@@H](NC(=O)[C@H](Cc1ccccc1)NC(=O)CNC(=O)[C@@H]1CCCN1C(=O)[C@@H]1CCCN1C(=O)[C@@H](N)CCCN=C(N)N)[C@@H](C)O)C(=O)N[C@@H](CCCN=C(N)N)C(=O)O. The number of nitrogens with one attached hydrogen (secondary N) is 5. The van der Waals surface area contributed by atoms with E-state index < -0.39 is 108 Å². The van der Waals surface area contributed by atoms with Crippen molar-refractivity contribution in [1.29, 1.82) is 0 Å². The van der Waals surface area contributed by atoms with Crippen molar-refractivity contribution in [3.63, 3.8) is 0 Å². The van der Waals surface area contributed by atoms with Gasteiger partial charge in [0.15, 0.2) is 11.9 Å². The highest BCUT2D eigenvalue weighted by Crippen LogP contribution is 2.26. The molecule has 8 amide bonds. The third-order valence-corrected chi connectivity index (χ3v) is 13.1. The molecule has 0 aliphatic carbocycles. The Morgan fingerprint density at radius 1 is 0.662 bits per heavy atom. The van der Waals surface area contributed by atoms with E-state index in [4.69, 9.17) is 28.7 Å². The zero-order valence-electron chi connectivity index (χ0n) is 42.6. The third-order valence-electron chi connectivity index (χ3n) is 13.1. The fourth-order valence-corrected chi connectivity index (χ4v) is 9.36. The molecule has 74 heavy (non-hydrogen) atoms. The van der Waals surface area contributed by atoms with Crippen molar-refractivity contribution in [1.82, 2.24) is 41.3 Å². The van der Waals surface area contributed by atoms with E-state index in [1.165, 1.54) is 21.6 Å². The molecule has 26 heteroatoms. The third kappa shape index (κ3) is 17.8. The van der Waals surface area contributed by atoms with Crippen LogP contribution in [0, 0.1) is 5.92 Å². The maximum absolute atomic E-state index is 14.2. The number of aliphatic imine (C=N–C) groups is 2. The van der Waals surface area contributed by atoms with Crippen molar-refractivity contribution in [3.05, 3.63) is 35.9 Å². The summed E-state index contributed by atoms with van der Waals surface area (Å²) in [4.78, 5) is 134. The maximum Gasteiger partial charge on any atom is 0.326 e. The number of amides is 8. The van der Waals surface area contributed by atoms with Crippen LogP contribution in [0.1, 0.15) is 97.0 Å². The van der Waals surface area contributed by atoms with Crippen molar-refractivity contribution in [2.24, 2.45) is 44.6 Å². The fraction of sp³-hybridized carbons (Fsp3) is 0.646. The topological polar surface area (TPSA) is 419 Å². The Bertz CT molecular complexity index is 2190. The number of rotatable bonds is 27. The Hall–Kier alpha value is -7.09. The predicted molar refractivity (Wildman–Crippen MR) is 272 cm³/mol. The quantitative estimate of drug-likeness (QED) is 0.0228. The van der Waals surface area contributed by atoms with Gasteiger partial charge in [0.25, 0.3) is 0 Å². The summed E-state index contributed by atoms with van der Waals surface area (Å²) in [5.74, 6) is -6.93. The molecule has 3 fully saturated rings. The molecule has 0 unspecified atom stereocenters. The number of aliphatic hydroxyl groups is 1. The molecule has 0 bridgehead atoms. The number of nitrogens with zero attached hydrogens (tertiary/aromatic N) is 5. The molecule has 3 aliphatic rings. The first-order valence-corrected chi connectivity index (χ1v) is 25.3. The smallest absolute Gasteiger partial charge is 0.326 e. The van der Waals surface area contributed by atoms with E-state index in [1.807, 2.05) is 13.8 Å². The fourth-order valence-electron chi connectivity index (χ4n) is 9.36. The van der Waals surface area contributed by atoms with Crippen molar-refractivity contribution < 1.29 is 53.4 Å². The first-order chi connectivity index (χ1) is 35.1. The second kappa shape index (κ2) is 29.0. The number of benzene rings is 1. The summed E-state index contributed by atoms with van der Waals surface area (Å²) in [7, 11) is 0. The number of guanidine groups is 2. The molecule has 0 aromatic heterocycles. The molecule has 3 heterocycles. The highest BCUT2D eigenvalue weighted by molar-refractivity contribution is 5.98. The van der Waals surface area contributed by atoms with E-state index in [0.29, 0.717) is 63.6 Å². The number of hydrogen-bond acceptors (Lipinski definition) is 13. The Morgan fingerprint density at radius 2 is 1.20 bits per heavy atom. The normalized spacial score (nSPS) is 19.8. The average Bonchev–Trinajstić information content (AvgIpc) is 4.16. The van der Waals surface area contributed by atoms with Crippen LogP contribution in [0.15, 0.2) is 40.3 Å². The van der Waals surface area contributed by atoms with Crippen molar-refractivity contribution in [2.75, 3.05) is 39.3 Å². The minimum absolute atomic E-state index is 0.00143. The summed E-state index contributed by atoms with van der Waals surface area (Å²) in [6.45, 7) is 5.39. The van der Waals surface area contributed by atoms with E-state index in [9.17, 15) is 53.4 Å². The van der Waals surface area contributed by atoms with Gasteiger partial charge in [-0.1, -0.05) is 44.2 Å². The van der Waals surface area contributed by atoms with E-state index in [-0.39, 0.29) is 75.5 Å². The zero-order chi connectivity index (χ0) is 54.6. The van der Waals surface area contributed by atoms with E-state index in [2.05, 4.69) is 36.6 Å². The minimum Gasteiger partial charge on any atom is -0.480 e. The van der Waals surface area contributed by atoms with Gasteiger partial charge in [0.2, 0.25) is 47.3 Å². The summed E-state index contributed by atoms with van der Waals surface area (Å²) < 4.78 is 0. The average molecular weight is 1040 g/mol. The molecule has 1 aromatic rings. The van der Waals surface area contributed by atoms with Crippen LogP contribution < -0.4 is 55.3 Å². The first-order valence-electron chi connectivity index (χ1n) is 25.3. The molecular formula is C48H77N15O11. The van der Waals surface area contributed by atoms with Crippen molar-refractivity contribution in [3.8, 4) is 0 Å². The van der Waals surface area contributed by atoms with Gasteiger partial charge >= 0.3 is 5.97 Å². The molecule has 3 aliphatic heterocycles. The number of carbonyl (C=O) groups excluding carboxylic acids is 8. The molecule has 0 saturated carbocycles. The lowest BCUT2D eigenvalue weighted by Crippen LogP contribution is -2.61. The molecule has 1 aromatic carbocycles. The van der Waals surface area contributed by atoms with E-state index in [1.54, 1.807) is 30.3 Å². The molecule has 3 saturated heterocycles. The van der Waals surface area contributed by atoms with Gasteiger partial charge in [-0.2, -0.15) is 0 Å². The maximum atomic E-state index is 14.2. The number of carboxylic acid groups (broad SMARTS) is 1. The van der Waals surface area contributed by atoms with Crippen LogP contribution >= 0.6 is 0 Å². The zero-order valence-corrected chi connectivity index (χ0v) is 42.6. The Balaban J connectivity index is 1.40. The van der Waals surface area contributed by atoms with Gasteiger partial charge in [0.05, 0.1) is 18.7 Å². The number of aliphatic carboxylic acids is 1. The summed E-state index contributed by atoms with van der Waals surface area (Å²) in [5, 5.41) is 33.7. The standard InChI is InChI=1S/C48H77N15O11/c1-27(2)24-32(39(66)58-31(46(73)74)15-8-20-55-48(52)53)59-42(69)35-17-10-22-62(35)45(72)38(28(3)64)60-40(67)33(25-29-12-5-4-6-13-29)57-37(65)26-56-41(68)34-16-9-21-61(34)44(71)36-18-11-23-63(36)43(70)30(49)14-7-19-54-47(50)51/h4-6,12-13,27-28,30-36,38,64H,7-11,14-26,49H2,1-3H3,(H,56,68)(H,57,65)(H,58,66)(H,59,69)(H,60,67)(H,73,74)(H4,50,51,54)(H4,52,53,55)/t28-,30+,31+,32+,33+,34+,35+,36+,38+/m1/s1. The Labute approximate surface area is 430 Å². The molecule has 0 radical (unpaired) electrons. The van der Waals surface area contributed by atoms with E-state index in [0.717, 1.165) is 0 Å². The number of likely N-dealkylation sites (tertiary alicyclic amines) is 3. The Kier molecular flexibility index (Phi) is 23.3. The van der Waals surface area contributed by atoms with Crippen molar-refractivity contribution in [2.45, 2.75) is 152 Å². The lowest BCUT2D eigenvalue weighted by Gasteiger charge is -2.32. The van der Waals surface area contributed by atoms with Crippen LogP contribution in [0.3, 0.4) is 0 Å². The summed E-state index contributed by atoms with van der Waals surface area (Å²) in [6, 6.07) is -0.510. The van der Waals surface area contributed by atoms with Crippen LogP contribution in [0.4, 0.5) is 0 Å². The van der Waals surface area contributed by atoms with Gasteiger partial charge in [-0.3, -0.25) is 48.3 Å². The minimum atomic E-state index is -1.60. The number of hydrogen-bond donors (Lipinski definition) is 12. The van der Waals surface area contributed by atoms with Crippen LogP contribution in [-0.4, -0.2) is 184 Å². The van der Waals surface area contributed by atoms with Gasteiger partial charge < -0.3 is 80.2 Å². The van der Waals surface area contributed by atoms with Crippen LogP contribution in [0.2, 0.25) is 0 Å². The highest BCUT2D eigenvalue weighted by Gasteiger charge is 2.44. The van der Waals surface area contributed by atoms with Gasteiger partial charge in [-0.25, -0.2) is 4.79 Å². The molecule has 9 atom stereocenters. The highest BCUT2D eigenvalue weighted by atomic mass is 16.4. The first kappa shape index (κ1) is 59.5. The monoisotopic (exact) mass is 1040 g/mol. The summed E-state index contributed by atoms with van der Waals surface area (Å²) >= 11 is 0. The molecule has 26 nitrogen and oxygen atoms in total. The number of carbonyl (C=O) groups is 9. The van der Waals surface area contributed by atoms with Crippen molar-refractivity contribution >= 4 is 65.1 Å². The largest absolute Gasteiger partial charge is 0.480 e. The second-order valence-electron chi connectivity index (χ2n) is 19.4. The molecular weight excluding hydrogens is 963 g/mol. The molecule has 410 valence electrons. The number of nitrogens with two attached hydrogens (primary N) is 5. The molecule has 0 spiro atoms. The van der Waals surface area contributed by atoms with Crippen LogP contribution in [-0.2, 0) is 49.6 Å². The van der Waals surface area contributed by atoms with Gasteiger partial charge in [-0.05, 0) is 89.0 Å². The van der Waals surface area contributed by atoms with Crippen LogP contribution in [0.5, 0.6) is 0 Å². The van der Waals surface area contributed by atoms with Crippen LogP contribution in [0.25, 0.3) is 0 Å². The number of aliphatic hydroxyl groups excluding tert-OH is 1. The molecule has 17 N–H and O–H groups in total. The molecule has 4 rings (SSSR count). The van der Waals surface area contributed by atoms with E-state index >= 15 is 0 Å². The van der Waals surface area contributed by atoms with Gasteiger partial charge in [0.1, 0.15) is 42.3 Å². The summed E-state index contributed by atoms with van der Waals surface area (Å²) in [5.41, 5.74) is 28.3.